The van der Waals surface area contributed by atoms with Gasteiger partial charge in [0.2, 0.25) is 0 Å². The molecule has 0 unspecified atom stereocenters. The lowest BCUT2D eigenvalue weighted by Gasteiger charge is -2.16. The number of anilines is 1. The molecule has 2 heterocycles. The van der Waals surface area contributed by atoms with Crippen molar-refractivity contribution in [3.63, 3.8) is 0 Å². The maximum absolute atomic E-state index is 13.3. The Balaban J connectivity index is 1.57. The minimum absolute atomic E-state index is 0.0871. The molecule has 29 heavy (non-hydrogen) atoms. The first-order chi connectivity index (χ1) is 14.2. The van der Waals surface area contributed by atoms with Crippen LogP contribution in [0.1, 0.15) is 25.3 Å². The van der Waals surface area contributed by atoms with Crippen molar-refractivity contribution in [2.24, 2.45) is 4.99 Å². The predicted molar refractivity (Wildman–Crippen MR) is 124 cm³/mol. The van der Waals surface area contributed by atoms with Crippen LogP contribution in [0.15, 0.2) is 74.4 Å². The summed E-state index contributed by atoms with van der Waals surface area (Å²) in [4.78, 5) is 24.1. The minimum atomic E-state index is 0.0871. The highest BCUT2D eigenvalue weighted by Gasteiger charge is 2.38. The molecular weight excluding hydrogens is 398 g/mol. The maximum Gasteiger partial charge on any atom is 0.269 e. The lowest BCUT2D eigenvalue weighted by atomic mass is 10.2. The molecule has 2 aliphatic heterocycles. The predicted octanol–water partition coefficient (Wildman–Crippen LogP) is 5.37. The van der Waals surface area contributed by atoms with Crippen molar-refractivity contribution < 1.29 is 4.79 Å². The van der Waals surface area contributed by atoms with E-state index in [9.17, 15) is 4.79 Å². The van der Waals surface area contributed by atoms with Gasteiger partial charge in [0, 0.05) is 25.0 Å². The summed E-state index contributed by atoms with van der Waals surface area (Å²) in [6, 6.07) is 18.7. The first kappa shape index (κ1) is 20.1. The number of rotatable bonds is 6. The zero-order valence-electron chi connectivity index (χ0n) is 16.8. The van der Waals surface area contributed by atoms with E-state index < -0.39 is 0 Å². The number of nitrogens with zero attached hydrogens (tertiary/aromatic N) is 3. The molecule has 2 aliphatic rings. The highest BCUT2D eigenvalue weighted by molar-refractivity contribution is 8.19. The number of amidine groups is 1. The number of unbranched alkanes of at least 4 members (excludes halogenated alkanes) is 1. The fraction of sp³-hybridized carbons (Fsp3) is 0.304. The number of para-hydroxylation sites is 1. The second-order valence-electron chi connectivity index (χ2n) is 7.08. The summed E-state index contributed by atoms with van der Waals surface area (Å²) >= 11 is 3.20. The Morgan fingerprint density at radius 2 is 1.76 bits per heavy atom. The van der Waals surface area contributed by atoms with Gasteiger partial charge in [-0.3, -0.25) is 14.7 Å². The van der Waals surface area contributed by atoms with Crippen LogP contribution in [0.4, 0.5) is 5.69 Å². The first-order valence-corrected chi connectivity index (χ1v) is 11.7. The topological polar surface area (TPSA) is 35.9 Å². The summed E-state index contributed by atoms with van der Waals surface area (Å²) in [6.07, 6.45) is 2.92. The van der Waals surface area contributed by atoms with E-state index in [2.05, 4.69) is 48.2 Å². The third kappa shape index (κ3) is 4.23. The van der Waals surface area contributed by atoms with Crippen LogP contribution in [0.3, 0.4) is 0 Å². The van der Waals surface area contributed by atoms with Gasteiger partial charge >= 0.3 is 0 Å². The van der Waals surface area contributed by atoms with E-state index >= 15 is 0 Å². The molecule has 2 aromatic rings. The SMILES string of the molecule is CCCCN1C(=O)/C(=C2/Sc3ccccc3N2C)SC1=NCCc1ccccc1. The van der Waals surface area contributed by atoms with E-state index in [0.717, 1.165) is 46.6 Å². The summed E-state index contributed by atoms with van der Waals surface area (Å²) < 4.78 is 0. The Morgan fingerprint density at radius 3 is 2.52 bits per heavy atom. The number of amides is 1. The Labute approximate surface area is 181 Å². The Bertz CT molecular complexity index is 956. The van der Waals surface area contributed by atoms with Crippen molar-refractivity contribution in [3.8, 4) is 0 Å². The molecule has 0 aromatic heterocycles. The monoisotopic (exact) mass is 423 g/mol. The summed E-state index contributed by atoms with van der Waals surface area (Å²) in [5.41, 5.74) is 2.43. The number of benzene rings is 2. The number of hydrogen-bond acceptors (Lipinski definition) is 5. The average molecular weight is 424 g/mol. The minimum Gasteiger partial charge on any atom is -0.337 e. The lowest BCUT2D eigenvalue weighted by Crippen LogP contribution is -2.31. The fourth-order valence-corrected chi connectivity index (χ4v) is 5.77. The van der Waals surface area contributed by atoms with E-state index in [1.165, 1.54) is 22.2 Å². The molecule has 0 spiro atoms. The molecule has 4 nitrogen and oxygen atoms in total. The normalized spacial score (nSPS) is 20.1. The zero-order chi connectivity index (χ0) is 20.2. The summed E-state index contributed by atoms with van der Waals surface area (Å²) in [7, 11) is 2.04. The summed E-state index contributed by atoms with van der Waals surface area (Å²) in [6.45, 7) is 3.56. The van der Waals surface area contributed by atoms with Gasteiger partial charge in [-0.25, -0.2) is 0 Å². The number of carbonyl (C=O) groups is 1. The Hall–Kier alpha value is -2.18. The van der Waals surface area contributed by atoms with E-state index in [1.807, 2.05) is 30.1 Å². The van der Waals surface area contributed by atoms with Crippen LogP contribution in [-0.4, -0.2) is 36.1 Å². The van der Waals surface area contributed by atoms with Crippen LogP contribution in [0.25, 0.3) is 0 Å². The largest absolute Gasteiger partial charge is 0.337 e. The van der Waals surface area contributed by atoms with Gasteiger partial charge in [0.15, 0.2) is 5.17 Å². The third-order valence-corrected chi connectivity index (χ3v) is 7.49. The van der Waals surface area contributed by atoms with E-state index in [4.69, 9.17) is 4.99 Å². The van der Waals surface area contributed by atoms with E-state index in [0.29, 0.717) is 6.54 Å². The molecule has 6 heteroatoms. The summed E-state index contributed by atoms with van der Waals surface area (Å²) in [5, 5.41) is 1.85. The molecule has 1 saturated heterocycles. The van der Waals surface area contributed by atoms with Crippen LogP contribution in [0, 0.1) is 0 Å². The molecule has 2 aromatic carbocycles. The molecular formula is C23H25N3OS2. The van der Waals surface area contributed by atoms with Gasteiger partial charge in [0.05, 0.1) is 10.7 Å². The van der Waals surface area contributed by atoms with Crippen LogP contribution in [-0.2, 0) is 11.2 Å². The molecule has 0 N–H and O–H groups in total. The van der Waals surface area contributed by atoms with Crippen LogP contribution >= 0.6 is 23.5 Å². The van der Waals surface area contributed by atoms with E-state index in [-0.39, 0.29) is 5.91 Å². The highest BCUT2D eigenvalue weighted by Crippen LogP contribution is 2.49. The Morgan fingerprint density at radius 1 is 1.00 bits per heavy atom. The number of carbonyl (C=O) groups excluding carboxylic acids is 1. The molecule has 1 fully saturated rings. The summed E-state index contributed by atoms with van der Waals surface area (Å²) in [5.74, 6) is 0.0871. The van der Waals surface area contributed by atoms with Gasteiger partial charge in [-0.05, 0) is 42.3 Å². The number of aliphatic imine (C=N–C) groups is 1. The standard InChI is InChI=1S/C23H25N3OS2/c1-3-4-16-26-21(27)20(22-25(2)18-12-8-9-13-19(18)28-22)29-23(26)24-15-14-17-10-6-5-7-11-17/h5-13H,3-4,14-16H2,1-2H3/b22-20-,24-23?. The van der Waals surface area contributed by atoms with Crippen LogP contribution in [0.5, 0.6) is 0 Å². The second kappa shape index (κ2) is 9.09. The molecule has 0 atom stereocenters. The second-order valence-corrected chi connectivity index (χ2v) is 9.08. The smallest absolute Gasteiger partial charge is 0.269 e. The molecule has 0 radical (unpaired) electrons. The van der Waals surface area contributed by atoms with Gasteiger partial charge in [0.1, 0.15) is 4.91 Å². The Kier molecular flexibility index (Phi) is 6.31. The molecule has 150 valence electrons. The van der Waals surface area contributed by atoms with Crippen LogP contribution < -0.4 is 4.90 Å². The molecule has 0 saturated carbocycles. The van der Waals surface area contributed by atoms with E-state index in [1.54, 1.807) is 11.8 Å². The van der Waals surface area contributed by atoms with Crippen molar-refractivity contribution in [3.05, 3.63) is 70.1 Å². The van der Waals surface area contributed by atoms with Crippen molar-refractivity contribution in [1.29, 1.82) is 0 Å². The highest BCUT2D eigenvalue weighted by atomic mass is 32.2. The zero-order valence-corrected chi connectivity index (χ0v) is 18.4. The lowest BCUT2D eigenvalue weighted by molar-refractivity contribution is -0.122. The maximum atomic E-state index is 13.3. The van der Waals surface area contributed by atoms with Gasteiger partial charge < -0.3 is 4.90 Å². The quantitative estimate of drug-likeness (QED) is 0.585. The average Bonchev–Trinajstić information content (AvgIpc) is 3.24. The van der Waals surface area contributed by atoms with Crippen molar-refractivity contribution >= 4 is 40.3 Å². The number of fused-ring (bicyclic) bond motifs is 1. The fourth-order valence-electron chi connectivity index (χ4n) is 3.39. The number of thioether (sulfide) groups is 2. The van der Waals surface area contributed by atoms with Crippen LogP contribution in [0.2, 0.25) is 0 Å². The van der Waals surface area contributed by atoms with Gasteiger partial charge in [-0.15, -0.1) is 0 Å². The molecule has 0 bridgehead atoms. The third-order valence-electron chi connectivity index (χ3n) is 5.02. The van der Waals surface area contributed by atoms with Gasteiger partial charge in [-0.1, -0.05) is 67.6 Å². The van der Waals surface area contributed by atoms with Gasteiger partial charge in [-0.2, -0.15) is 0 Å². The number of hydrogen-bond donors (Lipinski definition) is 0. The molecule has 1 amide bonds. The molecule has 4 rings (SSSR count). The van der Waals surface area contributed by atoms with Gasteiger partial charge in [0.25, 0.3) is 5.91 Å². The van der Waals surface area contributed by atoms with Crippen molar-refractivity contribution in [1.82, 2.24) is 4.90 Å². The van der Waals surface area contributed by atoms with Crippen molar-refractivity contribution in [2.45, 2.75) is 31.1 Å². The first-order valence-electron chi connectivity index (χ1n) is 10.0. The molecule has 0 aliphatic carbocycles. The van der Waals surface area contributed by atoms with Crippen molar-refractivity contribution in [2.75, 3.05) is 25.0 Å².